The van der Waals surface area contributed by atoms with Gasteiger partial charge >= 0.3 is 5.96 Å². The number of hydrogen-bond acceptors (Lipinski definition) is 4. The fraction of sp³-hybridized carbons (Fsp3) is 0.864. The van der Waals surface area contributed by atoms with Gasteiger partial charge in [-0.15, -0.1) is 0 Å². The molecule has 0 amide bonds. The first kappa shape index (κ1) is 18.0. The highest BCUT2D eigenvalue weighted by molar-refractivity contribution is 5.77. The van der Waals surface area contributed by atoms with Gasteiger partial charge in [0.05, 0.1) is 30.2 Å². The minimum atomic E-state index is -0.245. The summed E-state index contributed by atoms with van der Waals surface area (Å²) in [5.74, 6) is 1.68. The highest BCUT2D eigenvalue weighted by Crippen LogP contribution is 2.44. The van der Waals surface area contributed by atoms with Gasteiger partial charge in [0.1, 0.15) is 0 Å². The lowest BCUT2D eigenvalue weighted by molar-refractivity contribution is -0.611. The molecule has 5 rings (SSSR count). The molecule has 2 saturated heterocycles. The molecule has 7 atom stereocenters. The number of ether oxygens (including phenoxy) is 2. The van der Waals surface area contributed by atoms with E-state index in [1.165, 1.54) is 31.6 Å². The van der Waals surface area contributed by atoms with Gasteiger partial charge in [0, 0.05) is 19.3 Å². The molecule has 27 heavy (non-hydrogen) atoms. The maximum absolute atomic E-state index is 6.69. The molecule has 0 unspecified atom stereocenters. The maximum Gasteiger partial charge on any atom is 0.350 e. The summed E-state index contributed by atoms with van der Waals surface area (Å²) in [5.41, 5.74) is -0.466. The Morgan fingerprint density at radius 1 is 1.15 bits per heavy atom. The van der Waals surface area contributed by atoms with Crippen LogP contribution in [0.4, 0.5) is 0 Å². The average Bonchev–Trinajstić information content (AvgIpc) is 2.96. The van der Waals surface area contributed by atoms with Gasteiger partial charge in [0.15, 0.2) is 11.4 Å². The molecule has 0 aromatic carbocycles. The SMILES string of the molecule is CC[C@H]1C=CCC[C@@]2(C[C@@H]3CC[C@H]4[C@H](C)[C@@]5(CCC[C@@H](C)O5)NC(=[N+]34)N2)O1. The third kappa shape index (κ3) is 2.84. The quantitative estimate of drug-likeness (QED) is 0.546. The van der Waals surface area contributed by atoms with Crippen LogP contribution in [0.2, 0.25) is 0 Å². The normalized spacial score (nSPS) is 48.9. The smallest absolute Gasteiger partial charge is 0.340 e. The van der Waals surface area contributed by atoms with Crippen molar-refractivity contribution in [2.75, 3.05) is 0 Å². The number of nitrogens with zero attached hydrogens (tertiary/aromatic N) is 1. The van der Waals surface area contributed by atoms with E-state index in [2.05, 4.69) is 48.1 Å². The molecule has 5 heterocycles. The summed E-state index contributed by atoms with van der Waals surface area (Å²) >= 11 is 0. The molecule has 5 aliphatic heterocycles. The van der Waals surface area contributed by atoms with E-state index in [0.717, 1.165) is 32.1 Å². The van der Waals surface area contributed by atoms with Gasteiger partial charge in [-0.25, -0.2) is 10.6 Å². The van der Waals surface area contributed by atoms with Crippen molar-refractivity contribution in [1.82, 2.24) is 10.6 Å². The zero-order valence-corrected chi connectivity index (χ0v) is 17.2. The predicted octanol–water partition coefficient (Wildman–Crippen LogP) is 3.25. The van der Waals surface area contributed by atoms with Crippen LogP contribution in [0.15, 0.2) is 12.2 Å². The molecule has 2 N–H and O–H groups in total. The summed E-state index contributed by atoms with van der Waals surface area (Å²) in [4.78, 5) is 0. The molecule has 0 saturated carbocycles. The lowest BCUT2D eigenvalue weighted by atomic mass is 9.82. The summed E-state index contributed by atoms with van der Waals surface area (Å²) in [6, 6.07) is 1.16. The second kappa shape index (κ2) is 6.48. The zero-order chi connectivity index (χ0) is 18.6. The highest BCUT2D eigenvalue weighted by atomic mass is 16.5. The monoisotopic (exact) mass is 374 g/mol. The van der Waals surface area contributed by atoms with Crippen molar-refractivity contribution in [1.29, 1.82) is 0 Å². The van der Waals surface area contributed by atoms with Gasteiger partial charge in [-0.05, 0) is 45.4 Å². The molecule has 0 bridgehead atoms. The van der Waals surface area contributed by atoms with Crippen LogP contribution in [0.5, 0.6) is 0 Å². The third-order valence-corrected chi connectivity index (χ3v) is 7.77. The first-order valence-corrected chi connectivity index (χ1v) is 11.3. The standard InChI is InChI=1S/C22H35N3O2/c1-4-18-9-5-6-12-21(27-18)14-17-10-11-19-16(3)22(13-7-8-15(2)26-22)24-20(23-21)25(17)19/h5,9,15-19H,4,6-8,10-14H2,1-3H3,(H,23,24)/p+1/t15-,16+,17+,18+,19+,21+,22+/m1/s1. The molecule has 5 nitrogen and oxygen atoms in total. The van der Waals surface area contributed by atoms with Gasteiger partial charge in [-0.1, -0.05) is 26.0 Å². The Bertz CT molecular complexity index is 662. The Hall–Kier alpha value is -1.07. The maximum atomic E-state index is 6.69. The second-order valence-corrected chi connectivity index (χ2v) is 9.53. The summed E-state index contributed by atoms with van der Waals surface area (Å²) in [5, 5.41) is 7.76. The van der Waals surface area contributed by atoms with Crippen LogP contribution in [0.25, 0.3) is 0 Å². The lowest BCUT2D eigenvalue weighted by Crippen LogP contribution is -2.74. The summed E-state index contributed by atoms with van der Waals surface area (Å²) < 4.78 is 15.9. The second-order valence-electron chi connectivity index (χ2n) is 9.53. The number of nitrogens with one attached hydrogen (secondary N) is 2. The number of guanidine groups is 1. The van der Waals surface area contributed by atoms with E-state index >= 15 is 0 Å². The third-order valence-electron chi connectivity index (χ3n) is 7.77. The van der Waals surface area contributed by atoms with Crippen molar-refractivity contribution in [3.63, 3.8) is 0 Å². The van der Waals surface area contributed by atoms with Gasteiger partial charge < -0.3 is 9.47 Å². The van der Waals surface area contributed by atoms with Gasteiger partial charge in [-0.2, -0.15) is 0 Å². The van der Waals surface area contributed by atoms with Gasteiger partial charge in [0.25, 0.3) is 0 Å². The van der Waals surface area contributed by atoms with Crippen LogP contribution in [0.1, 0.15) is 78.6 Å². The van der Waals surface area contributed by atoms with Crippen LogP contribution in [-0.2, 0) is 9.47 Å². The largest absolute Gasteiger partial charge is 0.350 e. The van der Waals surface area contributed by atoms with E-state index in [1.807, 2.05) is 0 Å². The van der Waals surface area contributed by atoms with Crippen LogP contribution in [0.3, 0.4) is 0 Å². The van der Waals surface area contributed by atoms with Crippen LogP contribution >= 0.6 is 0 Å². The summed E-state index contributed by atoms with van der Waals surface area (Å²) in [6.07, 6.45) is 15.4. The average molecular weight is 375 g/mol. The number of hydrogen-bond donors (Lipinski definition) is 2. The van der Waals surface area contributed by atoms with Crippen molar-refractivity contribution in [2.45, 2.75) is 114 Å². The number of rotatable bonds is 1. The molecule has 0 aromatic rings. The summed E-state index contributed by atoms with van der Waals surface area (Å²) in [6.45, 7) is 6.85. The molecule has 2 fully saturated rings. The van der Waals surface area contributed by atoms with E-state index in [0.29, 0.717) is 24.1 Å². The summed E-state index contributed by atoms with van der Waals surface area (Å²) in [7, 11) is 0. The molecular weight excluding hydrogens is 338 g/mol. The zero-order valence-electron chi connectivity index (χ0n) is 17.2. The van der Waals surface area contributed by atoms with Crippen LogP contribution in [0, 0.1) is 5.92 Å². The fourth-order valence-electron chi connectivity index (χ4n) is 6.35. The van der Waals surface area contributed by atoms with E-state index in [1.54, 1.807) is 0 Å². The Balaban J connectivity index is 1.48. The van der Waals surface area contributed by atoms with E-state index < -0.39 is 0 Å². The molecule has 0 aliphatic carbocycles. The molecule has 150 valence electrons. The minimum Gasteiger partial charge on any atom is -0.340 e. The van der Waals surface area contributed by atoms with E-state index in [-0.39, 0.29) is 17.6 Å². The van der Waals surface area contributed by atoms with Crippen molar-refractivity contribution >= 4 is 5.96 Å². The van der Waals surface area contributed by atoms with Crippen LogP contribution in [-0.4, -0.2) is 46.3 Å². The Labute approximate surface area is 163 Å². The Morgan fingerprint density at radius 3 is 2.85 bits per heavy atom. The minimum absolute atomic E-state index is 0.215. The van der Waals surface area contributed by atoms with Crippen molar-refractivity contribution in [2.24, 2.45) is 5.92 Å². The van der Waals surface area contributed by atoms with Gasteiger partial charge in [-0.3, -0.25) is 4.58 Å². The fourth-order valence-corrected chi connectivity index (χ4v) is 6.35. The topological polar surface area (TPSA) is 45.5 Å². The van der Waals surface area contributed by atoms with E-state index in [9.17, 15) is 0 Å². The molecule has 0 radical (unpaired) electrons. The van der Waals surface area contributed by atoms with Crippen LogP contribution < -0.4 is 10.6 Å². The number of allylic oxidation sites excluding steroid dienone is 1. The Kier molecular flexibility index (Phi) is 4.32. The van der Waals surface area contributed by atoms with E-state index in [4.69, 9.17) is 9.47 Å². The molecule has 2 spiro atoms. The first-order valence-electron chi connectivity index (χ1n) is 11.3. The molecule has 0 aromatic heterocycles. The van der Waals surface area contributed by atoms with Crippen molar-refractivity contribution < 1.29 is 14.0 Å². The predicted molar refractivity (Wildman–Crippen MR) is 106 cm³/mol. The van der Waals surface area contributed by atoms with Crippen molar-refractivity contribution in [3.05, 3.63) is 12.2 Å². The molecular formula is C22H36N3O2+. The molecule has 5 heteroatoms. The Morgan fingerprint density at radius 2 is 2.04 bits per heavy atom. The van der Waals surface area contributed by atoms with Crippen molar-refractivity contribution in [3.8, 4) is 0 Å². The molecule has 5 aliphatic rings. The lowest BCUT2D eigenvalue weighted by Gasteiger charge is -2.50. The van der Waals surface area contributed by atoms with Gasteiger partial charge in [0.2, 0.25) is 0 Å². The first-order chi connectivity index (χ1) is 13.0. The highest BCUT2D eigenvalue weighted by Gasteiger charge is 2.60.